The van der Waals surface area contributed by atoms with Gasteiger partial charge in [-0.05, 0) is 0 Å². The molecule has 1 unspecified atom stereocenters. The highest BCUT2D eigenvalue weighted by molar-refractivity contribution is 5.69. The lowest BCUT2D eigenvalue weighted by atomic mass is 10.3. The Morgan fingerprint density at radius 2 is 2.33 bits per heavy atom. The second-order valence-electron chi connectivity index (χ2n) is 2.86. The van der Waals surface area contributed by atoms with E-state index in [1.165, 1.54) is 0 Å². The van der Waals surface area contributed by atoms with Gasteiger partial charge in [-0.15, -0.1) is 0 Å². The number of hydrogen-bond donors (Lipinski definition) is 0. The molecule has 0 aromatic heterocycles. The van der Waals surface area contributed by atoms with Gasteiger partial charge in [0.2, 0.25) is 5.79 Å². The molecular formula is C8H14O4. The van der Waals surface area contributed by atoms with Crippen LogP contribution in [0.15, 0.2) is 0 Å². The highest BCUT2D eigenvalue weighted by Gasteiger charge is 2.32. The monoisotopic (exact) mass is 174 g/mol. The fourth-order valence-corrected chi connectivity index (χ4v) is 0.988. The van der Waals surface area contributed by atoms with Crippen LogP contribution in [0, 0.1) is 0 Å². The van der Waals surface area contributed by atoms with Crippen molar-refractivity contribution in [2.75, 3.05) is 19.8 Å². The molecule has 1 fully saturated rings. The van der Waals surface area contributed by atoms with Crippen molar-refractivity contribution in [2.45, 2.75) is 26.1 Å². The van der Waals surface area contributed by atoms with Crippen molar-refractivity contribution >= 4 is 5.97 Å². The van der Waals surface area contributed by atoms with Crippen molar-refractivity contribution in [3.63, 3.8) is 0 Å². The molecule has 1 heterocycles. The maximum atomic E-state index is 10.9. The molecule has 1 atom stereocenters. The van der Waals surface area contributed by atoms with Gasteiger partial charge in [0.15, 0.2) is 0 Å². The molecule has 0 N–H and O–H groups in total. The number of rotatable bonds is 2. The maximum Gasteiger partial charge on any atom is 0.308 e. The molecule has 4 nitrogen and oxygen atoms in total. The number of carbonyl (C=O) groups is 1. The summed E-state index contributed by atoms with van der Waals surface area (Å²) >= 11 is 0. The van der Waals surface area contributed by atoms with Crippen LogP contribution in [0.5, 0.6) is 0 Å². The van der Waals surface area contributed by atoms with Crippen LogP contribution in [0.25, 0.3) is 0 Å². The van der Waals surface area contributed by atoms with Crippen LogP contribution in [-0.4, -0.2) is 31.6 Å². The van der Waals surface area contributed by atoms with Crippen LogP contribution in [0.4, 0.5) is 0 Å². The van der Waals surface area contributed by atoms with E-state index in [-0.39, 0.29) is 5.97 Å². The van der Waals surface area contributed by atoms with Crippen molar-refractivity contribution in [3.8, 4) is 0 Å². The summed E-state index contributed by atoms with van der Waals surface area (Å²) in [5.74, 6) is -1.13. The predicted molar refractivity (Wildman–Crippen MR) is 41.6 cm³/mol. The van der Waals surface area contributed by atoms with E-state index < -0.39 is 5.79 Å². The first kappa shape index (κ1) is 9.48. The number of esters is 1. The molecule has 1 aliphatic rings. The highest BCUT2D eigenvalue weighted by atomic mass is 16.7. The molecule has 0 spiro atoms. The Hall–Kier alpha value is -0.610. The van der Waals surface area contributed by atoms with Gasteiger partial charge in [0.1, 0.15) is 6.61 Å². The minimum atomic E-state index is -0.870. The zero-order valence-electron chi connectivity index (χ0n) is 7.46. The average molecular weight is 174 g/mol. The topological polar surface area (TPSA) is 44.8 Å². The Bertz CT molecular complexity index is 160. The van der Waals surface area contributed by atoms with Gasteiger partial charge in [-0.25, -0.2) is 0 Å². The Kier molecular flexibility index (Phi) is 3.05. The SMILES string of the molecule is CCC(=O)OC1(C)COCCO1. The molecule has 12 heavy (non-hydrogen) atoms. The van der Waals surface area contributed by atoms with E-state index >= 15 is 0 Å². The Balaban J connectivity index is 2.41. The van der Waals surface area contributed by atoms with Crippen LogP contribution < -0.4 is 0 Å². The molecule has 0 aromatic carbocycles. The summed E-state index contributed by atoms with van der Waals surface area (Å²) in [6.45, 7) is 4.82. The van der Waals surface area contributed by atoms with Crippen LogP contribution in [0.2, 0.25) is 0 Å². The fraction of sp³-hybridized carbons (Fsp3) is 0.875. The van der Waals surface area contributed by atoms with Crippen LogP contribution in [0.1, 0.15) is 20.3 Å². The molecule has 1 aliphatic heterocycles. The number of ether oxygens (including phenoxy) is 3. The third kappa shape index (κ3) is 2.46. The van der Waals surface area contributed by atoms with E-state index in [2.05, 4.69) is 0 Å². The largest absolute Gasteiger partial charge is 0.431 e. The minimum absolute atomic E-state index is 0.261. The van der Waals surface area contributed by atoms with Crippen molar-refractivity contribution in [1.29, 1.82) is 0 Å². The Morgan fingerprint density at radius 3 is 2.83 bits per heavy atom. The zero-order chi connectivity index (χ0) is 9.03. The van der Waals surface area contributed by atoms with Crippen LogP contribution in [0.3, 0.4) is 0 Å². The molecule has 0 radical (unpaired) electrons. The van der Waals surface area contributed by atoms with Gasteiger partial charge in [0.25, 0.3) is 0 Å². The molecule has 0 aromatic rings. The molecule has 1 saturated heterocycles. The molecule has 0 saturated carbocycles. The summed E-state index contributed by atoms with van der Waals surface area (Å²) < 4.78 is 15.4. The van der Waals surface area contributed by atoms with Crippen molar-refractivity contribution < 1.29 is 19.0 Å². The first-order chi connectivity index (χ1) is 5.66. The van der Waals surface area contributed by atoms with Gasteiger partial charge in [-0.2, -0.15) is 0 Å². The molecule has 4 heteroatoms. The summed E-state index contributed by atoms with van der Waals surface area (Å²) in [5, 5.41) is 0. The van der Waals surface area contributed by atoms with Gasteiger partial charge in [-0.1, -0.05) is 6.92 Å². The summed E-state index contributed by atoms with van der Waals surface area (Å²) in [4.78, 5) is 10.9. The quantitative estimate of drug-likeness (QED) is 0.578. The highest BCUT2D eigenvalue weighted by Crippen LogP contribution is 2.17. The fourth-order valence-electron chi connectivity index (χ4n) is 0.988. The van der Waals surface area contributed by atoms with Crippen molar-refractivity contribution in [3.05, 3.63) is 0 Å². The van der Waals surface area contributed by atoms with E-state index in [0.29, 0.717) is 26.2 Å². The lowest BCUT2D eigenvalue weighted by molar-refractivity contribution is -0.270. The number of carbonyl (C=O) groups excluding carboxylic acids is 1. The maximum absolute atomic E-state index is 10.9. The van der Waals surface area contributed by atoms with Gasteiger partial charge < -0.3 is 14.2 Å². The van der Waals surface area contributed by atoms with Crippen molar-refractivity contribution in [2.24, 2.45) is 0 Å². The van der Waals surface area contributed by atoms with Gasteiger partial charge in [0, 0.05) is 13.3 Å². The van der Waals surface area contributed by atoms with Gasteiger partial charge in [-0.3, -0.25) is 4.79 Å². The first-order valence-corrected chi connectivity index (χ1v) is 4.10. The summed E-state index contributed by atoms with van der Waals surface area (Å²) in [6.07, 6.45) is 0.360. The normalized spacial score (nSPS) is 29.8. The summed E-state index contributed by atoms with van der Waals surface area (Å²) in [5.41, 5.74) is 0. The molecule has 1 rings (SSSR count). The third-order valence-corrected chi connectivity index (χ3v) is 1.62. The van der Waals surface area contributed by atoms with Crippen molar-refractivity contribution in [1.82, 2.24) is 0 Å². The molecule has 0 amide bonds. The van der Waals surface area contributed by atoms with E-state index in [0.717, 1.165) is 0 Å². The molecular weight excluding hydrogens is 160 g/mol. The minimum Gasteiger partial charge on any atom is -0.431 e. The third-order valence-electron chi connectivity index (χ3n) is 1.62. The summed E-state index contributed by atoms with van der Waals surface area (Å²) in [6, 6.07) is 0. The van der Waals surface area contributed by atoms with Gasteiger partial charge >= 0.3 is 5.97 Å². The van der Waals surface area contributed by atoms with E-state index in [4.69, 9.17) is 14.2 Å². The standard InChI is InChI=1S/C8H14O4/c1-3-7(9)12-8(2)6-10-4-5-11-8/h3-6H2,1-2H3. The lowest BCUT2D eigenvalue weighted by Gasteiger charge is -2.32. The van der Waals surface area contributed by atoms with E-state index in [1.54, 1.807) is 13.8 Å². The van der Waals surface area contributed by atoms with Crippen LogP contribution in [-0.2, 0) is 19.0 Å². The van der Waals surface area contributed by atoms with Crippen LogP contribution >= 0.6 is 0 Å². The zero-order valence-corrected chi connectivity index (χ0v) is 7.46. The van der Waals surface area contributed by atoms with Gasteiger partial charge in [0.05, 0.1) is 13.2 Å². The second-order valence-corrected chi connectivity index (χ2v) is 2.86. The predicted octanol–water partition coefficient (Wildman–Crippen LogP) is 0.703. The molecule has 0 aliphatic carbocycles. The molecule has 0 bridgehead atoms. The Labute approximate surface area is 71.8 Å². The summed E-state index contributed by atoms with van der Waals surface area (Å²) in [7, 11) is 0. The second kappa shape index (κ2) is 3.87. The Morgan fingerprint density at radius 1 is 1.58 bits per heavy atom. The average Bonchev–Trinajstić information content (AvgIpc) is 2.05. The number of hydrogen-bond acceptors (Lipinski definition) is 4. The first-order valence-electron chi connectivity index (χ1n) is 4.10. The smallest absolute Gasteiger partial charge is 0.308 e. The lowest BCUT2D eigenvalue weighted by Crippen LogP contribution is -2.44. The molecule has 70 valence electrons. The van der Waals surface area contributed by atoms with E-state index in [9.17, 15) is 4.79 Å². The van der Waals surface area contributed by atoms with E-state index in [1.807, 2.05) is 0 Å².